The molecule has 0 saturated carbocycles. The molecule has 0 fully saturated rings. The van der Waals surface area contributed by atoms with Crippen LogP contribution in [-0.2, 0) is 4.79 Å². The van der Waals surface area contributed by atoms with Crippen molar-refractivity contribution in [2.75, 3.05) is 23.0 Å². The van der Waals surface area contributed by atoms with Crippen molar-refractivity contribution in [3.05, 3.63) is 83.9 Å². The highest BCUT2D eigenvalue weighted by Gasteiger charge is 2.10. The molecule has 0 aromatic heterocycles. The van der Waals surface area contributed by atoms with Crippen LogP contribution in [0.5, 0.6) is 5.75 Å². The highest BCUT2D eigenvalue weighted by atomic mass is 32.2. The Labute approximate surface area is 180 Å². The first-order valence-corrected chi connectivity index (χ1v) is 10.7. The lowest BCUT2D eigenvalue weighted by Gasteiger charge is -2.11. The van der Waals surface area contributed by atoms with Gasteiger partial charge in [-0.15, -0.1) is 11.8 Å². The number of thioether (sulfide) groups is 1. The number of carbonyl (C=O) groups excluding carboxylic acids is 2. The Bertz CT molecular complexity index is 1040. The molecule has 0 radical (unpaired) electrons. The number of hydrogen-bond acceptors (Lipinski definition) is 4. The van der Waals surface area contributed by atoms with Gasteiger partial charge in [-0.1, -0.05) is 35.9 Å². The lowest BCUT2D eigenvalue weighted by molar-refractivity contribution is -0.113. The molecule has 6 heteroatoms. The minimum Gasteiger partial charge on any atom is -0.492 e. The van der Waals surface area contributed by atoms with Crippen molar-refractivity contribution in [1.29, 1.82) is 0 Å². The largest absolute Gasteiger partial charge is 0.492 e. The van der Waals surface area contributed by atoms with E-state index < -0.39 is 0 Å². The normalized spacial score (nSPS) is 10.3. The zero-order chi connectivity index (χ0) is 21.3. The van der Waals surface area contributed by atoms with Crippen LogP contribution in [0.25, 0.3) is 0 Å². The van der Waals surface area contributed by atoms with E-state index in [2.05, 4.69) is 10.6 Å². The summed E-state index contributed by atoms with van der Waals surface area (Å²) in [6.45, 7) is 4.38. The predicted molar refractivity (Wildman–Crippen MR) is 123 cm³/mol. The molecule has 3 aromatic carbocycles. The van der Waals surface area contributed by atoms with Gasteiger partial charge in [-0.2, -0.15) is 0 Å². The summed E-state index contributed by atoms with van der Waals surface area (Å²) in [4.78, 5) is 25.7. The summed E-state index contributed by atoms with van der Waals surface area (Å²) >= 11 is 1.40. The number of nitrogens with one attached hydrogen (secondary N) is 2. The van der Waals surface area contributed by atoms with Crippen LogP contribution in [0.2, 0.25) is 0 Å². The van der Waals surface area contributed by atoms with Gasteiger partial charge in [0, 0.05) is 16.1 Å². The molecule has 3 aromatic rings. The Morgan fingerprint density at radius 1 is 0.933 bits per heavy atom. The number of benzene rings is 3. The number of amides is 2. The van der Waals surface area contributed by atoms with Crippen LogP contribution in [-0.4, -0.2) is 24.2 Å². The summed E-state index contributed by atoms with van der Waals surface area (Å²) in [7, 11) is 0. The van der Waals surface area contributed by atoms with Crippen LogP contribution in [0.4, 0.5) is 11.4 Å². The standard InChI is InChI=1S/C24H24N2O3S/c1-3-29-22-13-5-4-12-21(22)26-23(27)16-30-20-11-7-10-19(15-20)25-24(28)18-9-6-8-17(2)14-18/h4-15H,3,16H2,1-2H3,(H,25,28)(H,26,27). The summed E-state index contributed by atoms with van der Waals surface area (Å²) in [5.74, 6) is 0.613. The summed E-state index contributed by atoms with van der Waals surface area (Å²) in [5.41, 5.74) is 2.99. The fraction of sp³-hybridized carbons (Fsp3) is 0.167. The molecule has 0 aliphatic rings. The number of aryl methyl sites for hydroxylation is 1. The topological polar surface area (TPSA) is 67.4 Å². The maximum absolute atomic E-state index is 12.4. The third kappa shape index (κ3) is 6.12. The smallest absolute Gasteiger partial charge is 0.255 e. The zero-order valence-corrected chi connectivity index (χ0v) is 17.8. The second-order valence-electron chi connectivity index (χ2n) is 6.62. The average molecular weight is 421 g/mol. The molecule has 0 aliphatic carbocycles. The van der Waals surface area contributed by atoms with Crippen LogP contribution >= 0.6 is 11.8 Å². The molecular weight excluding hydrogens is 396 g/mol. The first-order chi connectivity index (χ1) is 14.5. The van der Waals surface area contributed by atoms with Crippen LogP contribution in [0.1, 0.15) is 22.8 Å². The third-order valence-corrected chi connectivity index (χ3v) is 5.20. The van der Waals surface area contributed by atoms with Crippen molar-refractivity contribution in [3.63, 3.8) is 0 Å². The fourth-order valence-corrected chi connectivity index (χ4v) is 3.59. The highest BCUT2D eigenvalue weighted by molar-refractivity contribution is 8.00. The van der Waals surface area contributed by atoms with Crippen LogP contribution < -0.4 is 15.4 Å². The molecule has 0 aliphatic heterocycles. The molecule has 2 N–H and O–H groups in total. The van der Waals surface area contributed by atoms with Gasteiger partial charge in [-0.25, -0.2) is 0 Å². The summed E-state index contributed by atoms with van der Waals surface area (Å²) in [5, 5.41) is 5.79. The number of anilines is 2. The van der Waals surface area contributed by atoms with E-state index in [0.29, 0.717) is 29.3 Å². The Morgan fingerprint density at radius 3 is 2.53 bits per heavy atom. The maximum Gasteiger partial charge on any atom is 0.255 e. The van der Waals surface area contributed by atoms with Gasteiger partial charge in [-0.3, -0.25) is 9.59 Å². The molecule has 0 heterocycles. The highest BCUT2D eigenvalue weighted by Crippen LogP contribution is 2.25. The van der Waals surface area contributed by atoms with E-state index in [0.717, 1.165) is 10.5 Å². The van der Waals surface area contributed by atoms with Gasteiger partial charge in [-0.05, 0) is 56.3 Å². The van der Waals surface area contributed by atoms with Crippen LogP contribution in [0, 0.1) is 6.92 Å². The van der Waals surface area contributed by atoms with E-state index in [1.54, 1.807) is 6.07 Å². The number of rotatable bonds is 8. The van der Waals surface area contributed by atoms with Gasteiger partial charge in [0.05, 0.1) is 18.0 Å². The summed E-state index contributed by atoms with van der Waals surface area (Å²) in [6.07, 6.45) is 0. The van der Waals surface area contributed by atoms with Gasteiger partial charge in [0.2, 0.25) is 5.91 Å². The molecule has 0 atom stereocenters. The van der Waals surface area contributed by atoms with Crippen molar-refractivity contribution < 1.29 is 14.3 Å². The first kappa shape index (κ1) is 21.5. The predicted octanol–water partition coefficient (Wildman–Crippen LogP) is 5.38. The van der Waals surface area contributed by atoms with Gasteiger partial charge in [0.15, 0.2) is 0 Å². The van der Waals surface area contributed by atoms with Crippen molar-refractivity contribution in [2.45, 2.75) is 18.7 Å². The summed E-state index contributed by atoms with van der Waals surface area (Å²) in [6, 6.07) is 22.3. The van der Waals surface area contributed by atoms with E-state index in [-0.39, 0.29) is 17.6 Å². The molecular formula is C24H24N2O3S. The first-order valence-electron chi connectivity index (χ1n) is 9.67. The number of para-hydroxylation sites is 2. The SMILES string of the molecule is CCOc1ccccc1NC(=O)CSc1cccc(NC(=O)c2cccc(C)c2)c1. The molecule has 0 bridgehead atoms. The van der Waals surface area contributed by atoms with Crippen LogP contribution in [0.15, 0.2) is 77.7 Å². The zero-order valence-electron chi connectivity index (χ0n) is 17.0. The number of carbonyl (C=O) groups is 2. The number of hydrogen-bond donors (Lipinski definition) is 2. The third-order valence-electron chi connectivity index (χ3n) is 4.20. The van der Waals surface area contributed by atoms with Crippen molar-refractivity contribution in [3.8, 4) is 5.75 Å². The van der Waals surface area contributed by atoms with Gasteiger partial charge < -0.3 is 15.4 Å². The van der Waals surface area contributed by atoms with Crippen LogP contribution in [0.3, 0.4) is 0 Å². The van der Waals surface area contributed by atoms with E-state index in [1.165, 1.54) is 11.8 Å². The Kier molecular flexibility index (Phi) is 7.51. The molecule has 0 spiro atoms. The number of ether oxygens (including phenoxy) is 1. The van der Waals surface area contributed by atoms with Crippen molar-refractivity contribution >= 4 is 35.0 Å². The Hall–Kier alpha value is -3.25. The molecule has 2 amide bonds. The second kappa shape index (κ2) is 10.5. The van der Waals surface area contributed by atoms with Gasteiger partial charge >= 0.3 is 0 Å². The summed E-state index contributed by atoms with van der Waals surface area (Å²) < 4.78 is 5.54. The van der Waals surface area contributed by atoms with E-state index in [9.17, 15) is 9.59 Å². The molecule has 0 unspecified atom stereocenters. The molecule has 0 saturated heterocycles. The minimum atomic E-state index is -0.161. The molecule has 154 valence electrons. The van der Waals surface area contributed by atoms with Crippen molar-refractivity contribution in [2.24, 2.45) is 0 Å². The second-order valence-corrected chi connectivity index (χ2v) is 7.67. The van der Waals surface area contributed by atoms with E-state index in [4.69, 9.17) is 4.74 Å². The quantitative estimate of drug-likeness (QED) is 0.480. The minimum absolute atomic E-state index is 0.124. The van der Waals surface area contributed by atoms with E-state index >= 15 is 0 Å². The lowest BCUT2D eigenvalue weighted by Crippen LogP contribution is -2.15. The molecule has 5 nitrogen and oxygen atoms in total. The maximum atomic E-state index is 12.4. The molecule has 3 rings (SSSR count). The monoisotopic (exact) mass is 420 g/mol. The fourth-order valence-electron chi connectivity index (χ4n) is 2.84. The Balaban J connectivity index is 1.58. The average Bonchev–Trinajstić information content (AvgIpc) is 2.74. The molecule has 30 heavy (non-hydrogen) atoms. The van der Waals surface area contributed by atoms with E-state index in [1.807, 2.05) is 80.6 Å². The van der Waals surface area contributed by atoms with Gasteiger partial charge in [0.1, 0.15) is 5.75 Å². The Morgan fingerprint density at radius 2 is 1.73 bits per heavy atom. The van der Waals surface area contributed by atoms with Gasteiger partial charge in [0.25, 0.3) is 5.91 Å². The van der Waals surface area contributed by atoms with Crippen molar-refractivity contribution in [1.82, 2.24) is 0 Å². The lowest BCUT2D eigenvalue weighted by atomic mass is 10.1.